The molecular formula is C11H12ClNO2. The lowest BCUT2D eigenvalue weighted by atomic mass is 9.98. The Bertz CT molecular complexity index is 419. The van der Waals surface area contributed by atoms with E-state index >= 15 is 0 Å². The number of esters is 1. The number of carbonyl (C=O) groups excluding carboxylic acids is 1. The van der Waals surface area contributed by atoms with Crippen molar-refractivity contribution in [2.24, 2.45) is 0 Å². The van der Waals surface area contributed by atoms with Crippen LogP contribution in [-0.4, -0.2) is 18.6 Å². The predicted molar refractivity (Wildman–Crippen MR) is 59.2 cm³/mol. The number of nitrogens with one attached hydrogen (secondary N) is 1. The molecule has 0 saturated carbocycles. The number of fused-ring (bicyclic) bond motifs is 1. The Morgan fingerprint density at radius 1 is 1.60 bits per heavy atom. The highest BCUT2D eigenvalue weighted by molar-refractivity contribution is 6.33. The lowest BCUT2D eigenvalue weighted by Gasteiger charge is -2.21. The van der Waals surface area contributed by atoms with Crippen LogP contribution in [0.25, 0.3) is 0 Å². The number of hydrogen-bond acceptors (Lipinski definition) is 3. The molecule has 2 rings (SSSR count). The van der Waals surface area contributed by atoms with Crippen LogP contribution in [0.1, 0.15) is 12.5 Å². The molecule has 3 nitrogen and oxygen atoms in total. The molecule has 1 aliphatic heterocycles. The van der Waals surface area contributed by atoms with Crippen LogP contribution in [0.2, 0.25) is 5.02 Å². The molecular weight excluding hydrogens is 214 g/mol. The first kappa shape index (κ1) is 10.3. The van der Waals surface area contributed by atoms with Gasteiger partial charge in [0.15, 0.2) is 0 Å². The molecule has 0 spiro atoms. The quantitative estimate of drug-likeness (QED) is 0.745. The van der Waals surface area contributed by atoms with Gasteiger partial charge in [-0.1, -0.05) is 23.7 Å². The van der Waals surface area contributed by atoms with E-state index in [1.54, 1.807) is 6.07 Å². The molecule has 80 valence electrons. The van der Waals surface area contributed by atoms with Crippen LogP contribution in [0.15, 0.2) is 18.2 Å². The number of benzene rings is 1. The van der Waals surface area contributed by atoms with Crippen LogP contribution in [0.3, 0.4) is 0 Å². The molecule has 1 aromatic carbocycles. The summed E-state index contributed by atoms with van der Waals surface area (Å²) in [7, 11) is 1.39. The minimum Gasteiger partial charge on any atom is -0.467 e. The number of hydrogen-bond donors (Lipinski definition) is 1. The van der Waals surface area contributed by atoms with Gasteiger partial charge in [0.2, 0.25) is 0 Å². The van der Waals surface area contributed by atoms with Gasteiger partial charge in [0, 0.05) is 6.42 Å². The van der Waals surface area contributed by atoms with Gasteiger partial charge in [-0.3, -0.25) is 0 Å². The van der Waals surface area contributed by atoms with Crippen molar-refractivity contribution in [3.05, 3.63) is 28.8 Å². The number of rotatable bonds is 1. The number of methoxy groups -OCH3 is 1. The molecule has 0 aliphatic carbocycles. The van der Waals surface area contributed by atoms with Gasteiger partial charge in [-0.15, -0.1) is 0 Å². The second-order valence-corrected chi connectivity index (χ2v) is 4.31. The van der Waals surface area contributed by atoms with Gasteiger partial charge in [-0.25, -0.2) is 4.79 Å². The van der Waals surface area contributed by atoms with E-state index in [1.807, 2.05) is 19.1 Å². The van der Waals surface area contributed by atoms with Gasteiger partial charge in [-0.2, -0.15) is 0 Å². The Balaban J connectivity index is 2.37. The Morgan fingerprint density at radius 3 is 2.93 bits per heavy atom. The zero-order valence-electron chi connectivity index (χ0n) is 8.63. The van der Waals surface area contributed by atoms with Gasteiger partial charge in [-0.05, 0) is 18.6 Å². The third-order valence-corrected chi connectivity index (χ3v) is 3.00. The molecule has 1 unspecified atom stereocenters. The van der Waals surface area contributed by atoms with E-state index in [9.17, 15) is 4.79 Å². The third kappa shape index (κ3) is 1.57. The number of carbonyl (C=O) groups is 1. The van der Waals surface area contributed by atoms with Gasteiger partial charge in [0.1, 0.15) is 5.54 Å². The lowest BCUT2D eigenvalue weighted by molar-refractivity contribution is -0.145. The van der Waals surface area contributed by atoms with Crippen molar-refractivity contribution < 1.29 is 9.53 Å². The average molecular weight is 226 g/mol. The molecule has 0 radical (unpaired) electrons. The maximum Gasteiger partial charge on any atom is 0.331 e. The Hall–Kier alpha value is -1.22. The highest BCUT2D eigenvalue weighted by Crippen LogP contribution is 2.37. The van der Waals surface area contributed by atoms with E-state index in [0.717, 1.165) is 11.3 Å². The minimum atomic E-state index is -0.692. The SMILES string of the molecule is COC(=O)C1(C)Cc2cccc(Cl)c2N1. The zero-order chi connectivity index (χ0) is 11.1. The van der Waals surface area contributed by atoms with E-state index in [4.69, 9.17) is 16.3 Å². The maximum absolute atomic E-state index is 11.6. The van der Waals surface area contributed by atoms with Crippen LogP contribution in [0.5, 0.6) is 0 Å². The van der Waals surface area contributed by atoms with Crippen molar-refractivity contribution in [2.45, 2.75) is 18.9 Å². The normalized spacial score (nSPS) is 23.1. The summed E-state index contributed by atoms with van der Waals surface area (Å²) in [6.45, 7) is 1.81. The highest BCUT2D eigenvalue weighted by Gasteiger charge is 2.40. The predicted octanol–water partition coefficient (Wildman–Crippen LogP) is 2.24. The first-order valence-corrected chi connectivity index (χ1v) is 5.08. The Labute approximate surface area is 93.4 Å². The number of halogens is 1. The van der Waals surface area contributed by atoms with Gasteiger partial charge in [0.25, 0.3) is 0 Å². The molecule has 1 heterocycles. The maximum atomic E-state index is 11.6. The first-order valence-electron chi connectivity index (χ1n) is 4.71. The Kier molecular flexibility index (Phi) is 2.35. The monoisotopic (exact) mass is 225 g/mol. The molecule has 0 bridgehead atoms. The molecule has 1 atom stereocenters. The highest BCUT2D eigenvalue weighted by atomic mass is 35.5. The lowest BCUT2D eigenvalue weighted by Crippen LogP contribution is -2.42. The van der Waals surface area contributed by atoms with Crippen molar-refractivity contribution in [2.75, 3.05) is 12.4 Å². The molecule has 0 aromatic heterocycles. The number of anilines is 1. The second-order valence-electron chi connectivity index (χ2n) is 3.90. The summed E-state index contributed by atoms with van der Waals surface area (Å²) in [4.78, 5) is 11.6. The molecule has 0 fully saturated rings. The first-order chi connectivity index (χ1) is 7.07. The molecule has 15 heavy (non-hydrogen) atoms. The van der Waals surface area contributed by atoms with Crippen molar-refractivity contribution in [3.8, 4) is 0 Å². The van der Waals surface area contributed by atoms with Crippen LogP contribution in [-0.2, 0) is 16.0 Å². The molecule has 1 aliphatic rings. The molecule has 1 N–H and O–H groups in total. The summed E-state index contributed by atoms with van der Waals surface area (Å²) >= 11 is 6.03. The fourth-order valence-corrected chi connectivity index (χ4v) is 2.15. The van der Waals surface area contributed by atoms with E-state index < -0.39 is 5.54 Å². The summed E-state index contributed by atoms with van der Waals surface area (Å²) in [5, 5.41) is 3.76. The second kappa shape index (κ2) is 3.42. The van der Waals surface area contributed by atoms with Crippen molar-refractivity contribution in [1.82, 2.24) is 0 Å². The summed E-state index contributed by atoms with van der Waals surface area (Å²) in [6, 6.07) is 5.64. The summed E-state index contributed by atoms with van der Waals surface area (Å²) in [5.74, 6) is -0.269. The largest absolute Gasteiger partial charge is 0.467 e. The van der Waals surface area contributed by atoms with Crippen LogP contribution in [0.4, 0.5) is 5.69 Å². The third-order valence-electron chi connectivity index (χ3n) is 2.68. The van der Waals surface area contributed by atoms with E-state index in [-0.39, 0.29) is 5.97 Å². The fourth-order valence-electron chi connectivity index (χ4n) is 1.91. The van der Waals surface area contributed by atoms with Crippen LogP contribution >= 0.6 is 11.6 Å². The fraction of sp³-hybridized carbons (Fsp3) is 0.364. The summed E-state index contributed by atoms with van der Waals surface area (Å²) in [6.07, 6.45) is 0.607. The standard InChI is InChI=1S/C11H12ClNO2/c1-11(10(14)15-2)6-7-4-3-5-8(12)9(7)13-11/h3-5,13H,6H2,1-2H3. The summed E-state index contributed by atoms with van der Waals surface area (Å²) in [5.41, 5.74) is 1.20. The smallest absolute Gasteiger partial charge is 0.331 e. The number of ether oxygens (including phenoxy) is 1. The van der Waals surface area contributed by atoms with Crippen LogP contribution in [0, 0.1) is 0 Å². The topological polar surface area (TPSA) is 38.3 Å². The molecule has 1 aromatic rings. The van der Waals surface area contributed by atoms with E-state index in [0.29, 0.717) is 11.4 Å². The zero-order valence-corrected chi connectivity index (χ0v) is 9.39. The summed E-state index contributed by atoms with van der Waals surface area (Å²) < 4.78 is 4.76. The van der Waals surface area contributed by atoms with Crippen LogP contribution < -0.4 is 5.32 Å². The van der Waals surface area contributed by atoms with Crippen molar-refractivity contribution in [1.29, 1.82) is 0 Å². The van der Waals surface area contributed by atoms with Crippen molar-refractivity contribution in [3.63, 3.8) is 0 Å². The number of para-hydroxylation sites is 1. The van der Waals surface area contributed by atoms with Gasteiger partial charge in [0.05, 0.1) is 17.8 Å². The van der Waals surface area contributed by atoms with Gasteiger partial charge >= 0.3 is 5.97 Å². The van der Waals surface area contributed by atoms with Gasteiger partial charge < -0.3 is 10.1 Å². The Morgan fingerprint density at radius 2 is 2.33 bits per heavy atom. The minimum absolute atomic E-state index is 0.269. The van der Waals surface area contributed by atoms with E-state index in [1.165, 1.54) is 7.11 Å². The molecule has 0 amide bonds. The van der Waals surface area contributed by atoms with E-state index in [2.05, 4.69) is 5.32 Å². The molecule has 0 saturated heterocycles. The molecule has 4 heteroatoms. The average Bonchev–Trinajstić information content (AvgIpc) is 2.57. The van der Waals surface area contributed by atoms with Crippen molar-refractivity contribution >= 4 is 23.3 Å².